The molecular formula is C16H12ClFN2O. The van der Waals surface area contributed by atoms with Crippen LogP contribution in [0, 0.1) is 5.82 Å². The second-order valence-corrected chi connectivity index (χ2v) is 4.89. The fourth-order valence-electron chi connectivity index (χ4n) is 2.12. The monoisotopic (exact) mass is 302 g/mol. The van der Waals surface area contributed by atoms with E-state index in [0.717, 1.165) is 10.8 Å². The molecule has 21 heavy (non-hydrogen) atoms. The molecule has 0 saturated carbocycles. The Morgan fingerprint density at radius 3 is 2.62 bits per heavy atom. The first-order valence-electron chi connectivity index (χ1n) is 6.39. The lowest BCUT2D eigenvalue weighted by Gasteiger charge is -2.11. The largest absolute Gasteiger partial charge is 0.436 e. The van der Waals surface area contributed by atoms with Crippen molar-refractivity contribution >= 4 is 22.4 Å². The van der Waals surface area contributed by atoms with Gasteiger partial charge in [-0.05, 0) is 18.2 Å². The molecule has 106 valence electrons. The first kappa shape index (κ1) is 13.8. The summed E-state index contributed by atoms with van der Waals surface area (Å²) in [4.78, 5) is 3.93. The topological polar surface area (TPSA) is 48.1 Å². The maximum Gasteiger partial charge on any atom is 0.256 e. The van der Waals surface area contributed by atoms with Crippen molar-refractivity contribution in [2.45, 2.75) is 6.54 Å². The lowest BCUT2D eigenvalue weighted by atomic mass is 10.1. The molecule has 0 aliphatic rings. The third kappa shape index (κ3) is 2.55. The van der Waals surface area contributed by atoms with Crippen LogP contribution in [-0.2, 0) is 6.54 Å². The Kier molecular flexibility index (Phi) is 3.73. The number of ether oxygens (including phenoxy) is 1. The van der Waals surface area contributed by atoms with Gasteiger partial charge in [-0.15, -0.1) is 0 Å². The van der Waals surface area contributed by atoms with E-state index in [0.29, 0.717) is 16.3 Å². The standard InChI is InChI=1S/C16H12ClFN2O/c17-13-5-6-14(12-4-2-1-3-11(12)13)21-16-15(18)10(9-19)7-8-20-16/h1-8H,9,19H2. The van der Waals surface area contributed by atoms with Crippen LogP contribution in [0.2, 0.25) is 5.02 Å². The molecule has 1 aromatic heterocycles. The smallest absolute Gasteiger partial charge is 0.256 e. The molecule has 0 fully saturated rings. The van der Waals surface area contributed by atoms with Crippen LogP contribution in [0.4, 0.5) is 4.39 Å². The Hall–Kier alpha value is -2.17. The zero-order valence-electron chi connectivity index (χ0n) is 11.0. The Labute approximate surface area is 126 Å². The highest BCUT2D eigenvalue weighted by atomic mass is 35.5. The average Bonchev–Trinajstić information content (AvgIpc) is 2.52. The summed E-state index contributed by atoms with van der Waals surface area (Å²) in [5.41, 5.74) is 5.84. The number of nitrogens with zero attached hydrogens (tertiary/aromatic N) is 1. The molecule has 0 saturated heterocycles. The minimum atomic E-state index is -0.543. The van der Waals surface area contributed by atoms with Crippen LogP contribution < -0.4 is 10.5 Å². The highest BCUT2D eigenvalue weighted by Gasteiger charge is 2.13. The van der Waals surface area contributed by atoms with Crippen LogP contribution in [0.15, 0.2) is 48.7 Å². The summed E-state index contributed by atoms with van der Waals surface area (Å²) in [6.07, 6.45) is 1.47. The van der Waals surface area contributed by atoms with Gasteiger partial charge in [-0.2, -0.15) is 0 Å². The summed E-state index contributed by atoms with van der Waals surface area (Å²) in [7, 11) is 0. The van der Waals surface area contributed by atoms with E-state index >= 15 is 0 Å². The van der Waals surface area contributed by atoms with Gasteiger partial charge in [0.15, 0.2) is 5.82 Å². The van der Waals surface area contributed by atoms with Crippen molar-refractivity contribution in [2.24, 2.45) is 5.73 Å². The van der Waals surface area contributed by atoms with Crippen molar-refractivity contribution < 1.29 is 9.13 Å². The van der Waals surface area contributed by atoms with Crippen LogP contribution >= 0.6 is 11.6 Å². The number of rotatable bonds is 3. The number of nitrogens with two attached hydrogens (primary N) is 1. The Morgan fingerprint density at radius 2 is 1.86 bits per heavy atom. The maximum absolute atomic E-state index is 14.1. The predicted octanol–water partition coefficient (Wildman–Crippen LogP) is 4.28. The number of hydrogen-bond donors (Lipinski definition) is 1. The van der Waals surface area contributed by atoms with Crippen molar-refractivity contribution in [1.29, 1.82) is 0 Å². The van der Waals surface area contributed by atoms with Gasteiger partial charge in [-0.3, -0.25) is 0 Å². The molecule has 2 N–H and O–H groups in total. The quantitative estimate of drug-likeness (QED) is 0.785. The van der Waals surface area contributed by atoms with E-state index in [2.05, 4.69) is 4.98 Å². The van der Waals surface area contributed by atoms with Crippen LogP contribution in [0.5, 0.6) is 11.6 Å². The molecular weight excluding hydrogens is 291 g/mol. The van der Waals surface area contributed by atoms with Crippen molar-refractivity contribution in [3.05, 3.63) is 65.1 Å². The molecule has 0 atom stereocenters. The lowest BCUT2D eigenvalue weighted by Crippen LogP contribution is -2.02. The Balaban J connectivity index is 2.09. The number of hydrogen-bond acceptors (Lipinski definition) is 3. The van der Waals surface area contributed by atoms with Gasteiger partial charge in [0.25, 0.3) is 5.88 Å². The van der Waals surface area contributed by atoms with Crippen molar-refractivity contribution in [1.82, 2.24) is 4.98 Å². The lowest BCUT2D eigenvalue weighted by molar-refractivity contribution is 0.423. The summed E-state index contributed by atoms with van der Waals surface area (Å²) in [5.74, 6) is -0.139. The molecule has 0 unspecified atom stereocenters. The van der Waals surface area contributed by atoms with Crippen molar-refractivity contribution in [2.75, 3.05) is 0 Å². The number of halogens is 2. The minimum Gasteiger partial charge on any atom is -0.436 e. The molecule has 0 amide bonds. The number of benzene rings is 2. The highest BCUT2D eigenvalue weighted by molar-refractivity contribution is 6.35. The second kappa shape index (κ2) is 5.68. The van der Waals surface area contributed by atoms with Crippen molar-refractivity contribution in [3.63, 3.8) is 0 Å². The fraction of sp³-hybridized carbons (Fsp3) is 0.0625. The van der Waals surface area contributed by atoms with Crippen LogP contribution in [-0.4, -0.2) is 4.98 Å². The van der Waals surface area contributed by atoms with E-state index in [-0.39, 0.29) is 12.4 Å². The number of pyridine rings is 1. The molecule has 0 radical (unpaired) electrons. The van der Waals surface area contributed by atoms with Crippen LogP contribution in [0.25, 0.3) is 10.8 Å². The molecule has 0 bridgehead atoms. The third-order valence-electron chi connectivity index (χ3n) is 3.19. The van der Waals surface area contributed by atoms with E-state index in [1.165, 1.54) is 12.3 Å². The zero-order valence-corrected chi connectivity index (χ0v) is 11.8. The molecule has 3 aromatic rings. The Morgan fingerprint density at radius 1 is 1.10 bits per heavy atom. The zero-order chi connectivity index (χ0) is 14.8. The highest BCUT2D eigenvalue weighted by Crippen LogP contribution is 2.34. The summed E-state index contributed by atoms with van der Waals surface area (Å²) in [6, 6.07) is 12.4. The first-order valence-corrected chi connectivity index (χ1v) is 6.77. The van der Waals surface area contributed by atoms with Gasteiger partial charge in [-0.25, -0.2) is 9.37 Å². The fourth-order valence-corrected chi connectivity index (χ4v) is 2.35. The molecule has 2 aromatic carbocycles. The summed E-state index contributed by atoms with van der Waals surface area (Å²) < 4.78 is 19.8. The van der Waals surface area contributed by atoms with Gasteiger partial charge in [-0.1, -0.05) is 35.9 Å². The molecule has 3 nitrogen and oxygen atoms in total. The van der Waals surface area contributed by atoms with Gasteiger partial charge < -0.3 is 10.5 Å². The molecule has 5 heteroatoms. The van der Waals surface area contributed by atoms with E-state index in [1.807, 2.05) is 24.3 Å². The third-order valence-corrected chi connectivity index (χ3v) is 3.52. The molecule has 0 aliphatic carbocycles. The molecule has 0 spiro atoms. The van der Waals surface area contributed by atoms with Crippen LogP contribution in [0.1, 0.15) is 5.56 Å². The number of aromatic nitrogens is 1. The van der Waals surface area contributed by atoms with Crippen molar-refractivity contribution in [3.8, 4) is 11.6 Å². The van der Waals surface area contributed by atoms with Crippen LogP contribution in [0.3, 0.4) is 0 Å². The second-order valence-electron chi connectivity index (χ2n) is 4.49. The SMILES string of the molecule is NCc1ccnc(Oc2ccc(Cl)c3ccccc23)c1F. The van der Waals surface area contributed by atoms with E-state index in [4.69, 9.17) is 22.1 Å². The van der Waals surface area contributed by atoms with Gasteiger partial charge in [0.05, 0.1) is 0 Å². The molecule has 0 aliphatic heterocycles. The minimum absolute atomic E-state index is 0.0894. The summed E-state index contributed by atoms with van der Waals surface area (Å²) in [6.45, 7) is 0.0894. The van der Waals surface area contributed by atoms with E-state index in [1.54, 1.807) is 12.1 Å². The average molecular weight is 303 g/mol. The number of fused-ring (bicyclic) bond motifs is 1. The van der Waals surface area contributed by atoms with Gasteiger partial charge >= 0.3 is 0 Å². The summed E-state index contributed by atoms with van der Waals surface area (Å²) >= 11 is 6.15. The molecule has 1 heterocycles. The van der Waals surface area contributed by atoms with Gasteiger partial charge in [0.2, 0.25) is 0 Å². The summed E-state index contributed by atoms with van der Waals surface area (Å²) in [5, 5.41) is 2.25. The van der Waals surface area contributed by atoms with Gasteiger partial charge in [0.1, 0.15) is 5.75 Å². The Bertz CT molecular complexity index is 807. The van der Waals surface area contributed by atoms with Gasteiger partial charge in [0, 0.05) is 34.1 Å². The normalized spacial score (nSPS) is 10.8. The van der Waals surface area contributed by atoms with E-state index < -0.39 is 5.82 Å². The maximum atomic E-state index is 14.1. The van der Waals surface area contributed by atoms with E-state index in [9.17, 15) is 4.39 Å². The molecule has 3 rings (SSSR count). The first-order chi connectivity index (χ1) is 10.2. The predicted molar refractivity (Wildman–Crippen MR) is 81.1 cm³/mol.